The van der Waals surface area contributed by atoms with Gasteiger partial charge in [0.05, 0.1) is 26.4 Å². The van der Waals surface area contributed by atoms with Gasteiger partial charge in [0.25, 0.3) is 0 Å². The van der Waals surface area contributed by atoms with Crippen LogP contribution in [0.15, 0.2) is 47.0 Å². The van der Waals surface area contributed by atoms with Crippen molar-refractivity contribution in [2.75, 3.05) is 14.2 Å². The smallest absolute Gasteiger partial charge is 0.173 e. The molecule has 1 N–H and O–H groups in total. The van der Waals surface area contributed by atoms with Crippen molar-refractivity contribution < 1.29 is 19.1 Å². The highest BCUT2D eigenvalue weighted by molar-refractivity contribution is 5.77. The second-order valence-corrected chi connectivity index (χ2v) is 5.38. The Labute approximate surface area is 140 Å². The topological polar surface area (TPSA) is 64.7 Å². The van der Waals surface area contributed by atoms with Crippen LogP contribution in [0.5, 0.6) is 11.5 Å². The van der Waals surface area contributed by atoms with Crippen molar-refractivity contribution >= 4 is 0 Å². The molecule has 2 aromatic carbocycles. The van der Waals surface area contributed by atoms with E-state index >= 15 is 0 Å². The van der Waals surface area contributed by atoms with E-state index in [9.17, 15) is 5.11 Å². The van der Waals surface area contributed by atoms with Gasteiger partial charge in [-0.25, -0.2) is 0 Å². The van der Waals surface area contributed by atoms with Gasteiger partial charge in [0.1, 0.15) is 17.2 Å². The lowest BCUT2D eigenvalue weighted by atomic mass is 9.99. The Morgan fingerprint density at radius 1 is 1.04 bits per heavy atom. The molecule has 0 bridgehead atoms. The first-order chi connectivity index (χ1) is 11.7. The van der Waals surface area contributed by atoms with E-state index in [0.717, 1.165) is 16.7 Å². The molecule has 24 heavy (non-hydrogen) atoms. The van der Waals surface area contributed by atoms with Crippen LogP contribution < -0.4 is 9.47 Å². The first-order valence-corrected chi connectivity index (χ1v) is 7.57. The molecule has 1 heterocycles. The highest BCUT2D eigenvalue weighted by atomic mass is 16.5. The predicted molar refractivity (Wildman–Crippen MR) is 91.1 cm³/mol. The third-order valence-electron chi connectivity index (χ3n) is 4.00. The molecule has 0 amide bonds. The molecule has 3 rings (SSSR count). The van der Waals surface area contributed by atoms with Crippen LogP contribution in [0, 0.1) is 6.92 Å². The molecule has 1 aromatic heterocycles. The van der Waals surface area contributed by atoms with Crippen molar-refractivity contribution in [3.8, 4) is 34.1 Å². The maximum absolute atomic E-state index is 9.90. The summed E-state index contributed by atoms with van der Waals surface area (Å²) in [5, 5.41) is 14.1. The number of nitrogens with zero attached hydrogens (tertiary/aromatic N) is 1. The predicted octanol–water partition coefficient (Wildman–Crippen LogP) is 3.83. The zero-order chi connectivity index (χ0) is 17.1. The van der Waals surface area contributed by atoms with Crippen molar-refractivity contribution in [2.24, 2.45) is 0 Å². The van der Waals surface area contributed by atoms with Crippen molar-refractivity contribution in [2.45, 2.75) is 13.5 Å². The molecule has 0 aliphatic rings. The average Bonchev–Trinajstić information content (AvgIpc) is 3.05. The van der Waals surface area contributed by atoms with Gasteiger partial charge in [-0.05, 0) is 24.6 Å². The number of aromatic nitrogens is 1. The average molecular weight is 325 g/mol. The van der Waals surface area contributed by atoms with Crippen LogP contribution in [-0.2, 0) is 6.61 Å². The second-order valence-electron chi connectivity index (χ2n) is 5.38. The van der Waals surface area contributed by atoms with Crippen LogP contribution >= 0.6 is 0 Å². The number of rotatable bonds is 5. The lowest BCUT2D eigenvalue weighted by molar-refractivity contribution is 0.281. The van der Waals surface area contributed by atoms with Gasteiger partial charge < -0.3 is 19.1 Å². The highest BCUT2D eigenvalue weighted by Gasteiger charge is 2.22. The van der Waals surface area contributed by atoms with Crippen LogP contribution in [0.2, 0.25) is 0 Å². The third-order valence-corrected chi connectivity index (χ3v) is 4.00. The van der Waals surface area contributed by atoms with Gasteiger partial charge >= 0.3 is 0 Å². The van der Waals surface area contributed by atoms with Gasteiger partial charge in [-0.3, -0.25) is 0 Å². The van der Waals surface area contributed by atoms with E-state index in [-0.39, 0.29) is 6.61 Å². The van der Waals surface area contributed by atoms with Gasteiger partial charge in [0.15, 0.2) is 5.76 Å². The largest absolute Gasteiger partial charge is 0.497 e. The normalized spacial score (nSPS) is 10.7. The lowest BCUT2D eigenvalue weighted by Crippen LogP contribution is -1.94. The minimum atomic E-state index is -0.183. The summed E-state index contributed by atoms with van der Waals surface area (Å²) in [5.41, 5.74) is 3.90. The minimum absolute atomic E-state index is 0.183. The zero-order valence-electron chi connectivity index (χ0n) is 13.9. The van der Waals surface area contributed by atoms with Gasteiger partial charge in [0.2, 0.25) is 0 Å². The molecule has 5 heteroatoms. The summed E-state index contributed by atoms with van der Waals surface area (Å²) in [5.74, 6) is 1.86. The number of hydrogen-bond donors (Lipinski definition) is 1. The van der Waals surface area contributed by atoms with Crippen molar-refractivity contribution in [3.63, 3.8) is 0 Å². The SMILES string of the molecule is COc1ccc(-c2noc(-c3ccccc3C)c2CO)c(OC)c1. The van der Waals surface area contributed by atoms with E-state index in [1.54, 1.807) is 20.3 Å². The van der Waals surface area contributed by atoms with Gasteiger partial charge in [0, 0.05) is 17.2 Å². The molecule has 0 atom stereocenters. The summed E-state index contributed by atoms with van der Waals surface area (Å²) in [7, 11) is 3.18. The molecule has 0 spiro atoms. The van der Waals surface area contributed by atoms with E-state index in [2.05, 4.69) is 5.16 Å². The van der Waals surface area contributed by atoms with E-state index in [0.29, 0.717) is 28.5 Å². The number of ether oxygens (including phenoxy) is 2. The Morgan fingerprint density at radius 2 is 1.83 bits per heavy atom. The Morgan fingerprint density at radius 3 is 2.50 bits per heavy atom. The molecule has 0 aliphatic heterocycles. The number of hydrogen-bond acceptors (Lipinski definition) is 5. The highest BCUT2D eigenvalue weighted by Crippen LogP contribution is 2.38. The quantitative estimate of drug-likeness (QED) is 0.772. The summed E-state index contributed by atoms with van der Waals surface area (Å²) < 4.78 is 16.2. The molecule has 3 aromatic rings. The van der Waals surface area contributed by atoms with Crippen LogP contribution in [-0.4, -0.2) is 24.5 Å². The van der Waals surface area contributed by atoms with Crippen molar-refractivity contribution in [1.82, 2.24) is 5.16 Å². The number of aliphatic hydroxyl groups excluding tert-OH is 1. The van der Waals surface area contributed by atoms with Crippen molar-refractivity contribution in [3.05, 3.63) is 53.6 Å². The summed E-state index contributed by atoms with van der Waals surface area (Å²) in [6.45, 7) is 1.81. The lowest BCUT2D eigenvalue weighted by Gasteiger charge is -2.09. The molecular formula is C19H19NO4. The van der Waals surface area contributed by atoms with Crippen LogP contribution in [0.4, 0.5) is 0 Å². The molecule has 0 aliphatic carbocycles. The summed E-state index contributed by atoms with van der Waals surface area (Å²) in [6, 6.07) is 13.3. The third kappa shape index (κ3) is 2.74. The van der Waals surface area contributed by atoms with Crippen LogP contribution in [0.3, 0.4) is 0 Å². The van der Waals surface area contributed by atoms with Crippen LogP contribution in [0.1, 0.15) is 11.1 Å². The van der Waals surface area contributed by atoms with Gasteiger partial charge in [-0.2, -0.15) is 0 Å². The fourth-order valence-electron chi connectivity index (χ4n) is 2.70. The molecule has 0 unspecified atom stereocenters. The van der Waals surface area contributed by atoms with Gasteiger partial charge in [-0.15, -0.1) is 0 Å². The van der Waals surface area contributed by atoms with E-state index in [4.69, 9.17) is 14.0 Å². The summed E-state index contributed by atoms with van der Waals surface area (Å²) >= 11 is 0. The molecule has 0 saturated heterocycles. The fraction of sp³-hybridized carbons (Fsp3) is 0.211. The first kappa shape index (κ1) is 16.1. The summed E-state index contributed by atoms with van der Waals surface area (Å²) in [6.07, 6.45) is 0. The maximum Gasteiger partial charge on any atom is 0.173 e. The molecular weight excluding hydrogens is 306 g/mol. The van der Waals surface area contributed by atoms with E-state index in [1.165, 1.54) is 0 Å². The molecule has 5 nitrogen and oxygen atoms in total. The maximum atomic E-state index is 9.90. The minimum Gasteiger partial charge on any atom is -0.497 e. The van der Waals surface area contributed by atoms with E-state index < -0.39 is 0 Å². The Hall–Kier alpha value is -2.79. The Balaban J connectivity index is 2.16. The number of aryl methyl sites for hydroxylation is 1. The zero-order valence-corrected chi connectivity index (χ0v) is 13.9. The molecule has 0 saturated carbocycles. The van der Waals surface area contributed by atoms with Gasteiger partial charge in [-0.1, -0.05) is 29.4 Å². The Bertz CT molecular complexity index is 854. The molecule has 0 radical (unpaired) electrons. The fourth-order valence-corrected chi connectivity index (χ4v) is 2.70. The standard InChI is InChI=1S/C19H19NO4/c1-12-6-4-5-7-14(12)19-16(11-21)18(20-24-19)15-9-8-13(22-2)10-17(15)23-3/h4-10,21H,11H2,1-3H3. The Kier molecular flexibility index (Phi) is 4.53. The monoisotopic (exact) mass is 325 g/mol. The first-order valence-electron chi connectivity index (χ1n) is 7.57. The van der Waals surface area contributed by atoms with Crippen molar-refractivity contribution in [1.29, 1.82) is 0 Å². The second kappa shape index (κ2) is 6.76. The number of methoxy groups -OCH3 is 2. The van der Waals surface area contributed by atoms with Crippen LogP contribution in [0.25, 0.3) is 22.6 Å². The molecule has 124 valence electrons. The number of benzene rings is 2. The molecule has 0 fully saturated rings. The summed E-state index contributed by atoms with van der Waals surface area (Å²) in [4.78, 5) is 0. The van der Waals surface area contributed by atoms with E-state index in [1.807, 2.05) is 43.3 Å². The number of aliphatic hydroxyl groups is 1.